The van der Waals surface area contributed by atoms with E-state index in [1.807, 2.05) is 11.0 Å². The van der Waals surface area contributed by atoms with E-state index in [-0.39, 0.29) is 5.91 Å². The van der Waals surface area contributed by atoms with E-state index in [4.69, 9.17) is 0 Å². The molecule has 2 aromatic carbocycles. The number of amides is 1. The van der Waals surface area contributed by atoms with Crippen LogP contribution in [0.1, 0.15) is 41.3 Å². The van der Waals surface area contributed by atoms with Gasteiger partial charge in [-0.15, -0.1) is 10.2 Å². The Hall–Kier alpha value is -2.64. The molecule has 2 aliphatic rings. The molecule has 0 atom stereocenters. The summed E-state index contributed by atoms with van der Waals surface area (Å²) in [4.78, 5) is 17.4. The number of rotatable bonds is 8. The lowest BCUT2D eigenvalue weighted by Gasteiger charge is -2.34. The fourth-order valence-electron chi connectivity index (χ4n) is 4.41. The molecule has 2 heterocycles. The van der Waals surface area contributed by atoms with E-state index in [2.05, 4.69) is 75.1 Å². The second kappa shape index (κ2) is 10.1. The van der Waals surface area contributed by atoms with Gasteiger partial charge in [0.05, 0.1) is 12.3 Å². The number of piperazine rings is 1. The molecule has 1 aliphatic carbocycles. The molecule has 1 aliphatic heterocycles. The molecule has 7 heteroatoms. The zero-order chi connectivity index (χ0) is 22.6. The SMILES string of the molecule is Cc1cccc(CN2CCN(C(=O)CSc3nnc(C4CC4)n3Cc3ccccc3)CC2)c1. The Labute approximate surface area is 200 Å². The summed E-state index contributed by atoms with van der Waals surface area (Å²) in [5.74, 6) is 2.19. The van der Waals surface area contributed by atoms with E-state index >= 15 is 0 Å². The number of aryl methyl sites for hydroxylation is 1. The van der Waals surface area contributed by atoms with Crippen molar-refractivity contribution >= 4 is 17.7 Å². The van der Waals surface area contributed by atoms with Gasteiger partial charge >= 0.3 is 0 Å². The van der Waals surface area contributed by atoms with Gasteiger partial charge in [-0.1, -0.05) is 71.9 Å². The van der Waals surface area contributed by atoms with Crippen LogP contribution >= 0.6 is 11.8 Å². The Balaban J connectivity index is 1.15. The van der Waals surface area contributed by atoms with Crippen LogP contribution in [0.5, 0.6) is 0 Å². The molecule has 6 nitrogen and oxygen atoms in total. The van der Waals surface area contributed by atoms with Crippen molar-refractivity contribution in [3.63, 3.8) is 0 Å². The Bertz CT molecular complexity index is 1090. The minimum Gasteiger partial charge on any atom is -0.339 e. The van der Waals surface area contributed by atoms with Crippen molar-refractivity contribution in [1.29, 1.82) is 0 Å². The van der Waals surface area contributed by atoms with E-state index in [1.54, 1.807) is 0 Å². The summed E-state index contributed by atoms with van der Waals surface area (Å²) in [6.45, 7) is 7.25. The molecule has 0 spiro atoms. The van der Waals surface area contributed by atoms with Gasteiger partial charge in [0.15, 0.2) is 5.16 Å². The van der Waals surface area contributed by atoms with Crippen LogP contribution in [0.25, 0.3) is 0 Å². The zero-order valence-electron chi connectivity index (χ0n) is 19.2. The largest absolute Gasteiger partial charge is 0.339 e. The third-order valence-electron chi connectivity index (χ3n) is 6.41. The summed E-state index contributed by atoms with van der Waals surface area (Å²) >= 11 is 1.52. The van der Waals surface area contributed by atoms with Crippen molar-refractivity contribution in [2.45, 2.75) is 43.9 Å². The number of nitrogens with zero attached hydrogens (tertiary/aromatic N) is 5. The number of carbonyl (C=O) groups is 1. The molecule has 0 bridgehead atoms. The molecule has 5 rings (SSSR count). The lowest BCUT2D eigenvalue weighted by atomic mass is 10.1. The number of aromatic nitrogens is 3. The maximum atomic E-state index is 12.9. The first-order valence-electron chi connectivity index (χ1n) is 11.8. The first-order valence-corrected chi connectivity index (χ1v) is 12.8. The predicted molar refractivity (Wildman–Crippen MR) is 131 cm³/mol. The highest BCUT2D eigenvalue weighted by atomic mass is 32.2. The molecule has 0 unspecified atom stereocenters. The van der Waals surface area contributed by atoms with Crippen LogP contribution in [-0.2, 0) is 17.9 Å². The topological polar surface area (TPSA) is 54.3 Å². The quantitative estimate of drug-likeness (QED) is 0.476. The average molecular weight is 462 g/mol. The van der Waals surface area contributed by atoms with Crippen molar-refractivity contribution < 1.29 is 4.79 Å². The van der Waals surface area contributed by atoms with Crippen LogP contribution in [0.2, 0.25) is 0 Å². The normalized spacial score (nSPS) is 16.8. The van der Waals surface area contributed by atoms with Crippen molar-refractivity contribution in [1.82, 2.24) is 24.6 Å². The number of carbonyl (C=O) groups excluding carboxylic acids is 1. The summed E-state index contributed by atoms with van der Waals surface area (Å²) in [5.41, 5.74) is 3.87. The van der Waals surface area contributed by atoms with E-state index in [1.165, 1.54) is 41.3 Å². The highest BCUT2D eigenvalue weighted by Crippen LogP contribution is 2.40. The molecule has 0 N–H and O–H groups in total. The first-order chi connectivity index (χ1) is 16.2. The summed E-state index contributed by atoms with van der Waals surface area (Å²) in [6, 6.07) is 19.1. The second-order valence-electron chi connectivity index (χ2n) is 9.12. The van der Waals surface area contributed by atoms with Gasteiger partial charge in [-0.05, 0) is 30.9 Å². The van der Waals surface area contributed by atoms with Crippen LogP contribution in [0.15, 0.2) is 59.8 Å². The maximum Gasteiger partial charge on any atom is 0.233 e. The molecule has 1 saturated heterocycles. The lowest BCUT2D eigenvalue weighted by Crippen LogP contribution is -2.48. The average Bonchev–Trinajstić information content (AvgIpc) is 3.60. The third kappa shape index (κ3) is 5.65. The van der Waals surface area contributed by atoms with E-state index in [9.17, 15) is 4.79 Å². The van der Waals surface area contributed by atoms with Gasteiger partial charge in [-0.3, -0.25) is 9.69 Å². The fourth-order valence-corrected chi connectivity index (χ4v) is 5.25. The van der Waals surface area contributed by atoms with Gasteiger partial charge < -0.3 is 9.47 Å². The summed E-state index contributed by atoms with van der Waals surface area (Å²) < 4.78 is 2.21. The highest BCUT2D eigenvalue weighted by molar-refractivity contribution is 7.99. The Morgan fingerprint density at radius 3 is 2.42 bits per heavy atom. The van der Waals surface area contributed by atoms with Crippen LogP contribution in [0.3, 0.4) is 0 Å². The molecule has 2 fully saturated rings. The molecule has 172 valence electrons. The van der Waals surface area contributed by atoms with Gasteiger partial charge in [0, 0.05) is 38.6 Å². The fraction of sp³-hybridized carbons (Fsp3) is 0.423. The van der Waals surface area contributed by atoms with Crippen LogP contribution in [0, 0.1) is 6.92 Å². The Morgan fingerprint density at radius 1 is 0.939 bits per heavy atom. The van der Waals surface area contributed by atoms with E-state index in [0.29, 0.717) is 11.7 Å². The first kappa shape index (κ1) is 22.2. The molecule has 1 saturated carbocycles. The molecule has 3 aromatic rings. The zero-order valence-corrected chi connectivity index (χ0v) is 20.0. The Kier molecular flexibility index (Phi) is 6.78. The predicted octanol–water partition coefficient (Wildman–Crippen LogP) is 3.95. The minimum atomic E-state index is 0.192. The molecular formula is C26H31N5OS. The van der Waals surface area contributed by atoms with Crippen molar-refractivity contribution in [3.05, 3.63) is 77.1 Å². The van der Waals surface area contributed by atoms with Crippen molar-refractivity contribution in [2.75, 3.05) is 31.9 Å². The molecule has 1 amide bonds. The maximum absolute atomic E-state index is 12.9. The molecular weight excluding hydrogens is 430 g/mol. The van der Waals surface area contributed by atoms with Gasteiger partial charge in [0.1, 0.15) is 5.82 Å². The van der Waals surface area contributed by atoms with Gasteiger partial charge in [0.2, 0.25) is 5.91 Å². The second-order valence-corrected chi connectivity index (χ2v) is 10.1. The summed E-state index contributed by atoms with van der Waals surface area (Å²) in [6.07, 6.45) is 2.37. The highest BCUT2D eigenvalue weighted by Gasteiger charge is 2.31. The summed E-state index contributed by atoms with van der Waals surface area (Å²) in [7, 11) is 0. The van der Waals surface area contributed by atoms with E-state index < -0.39 is 0 Å². The molecule has 1 aromatic heterocycles. The van der Waals surface area contributed by atoms with Crippen LogP contribution in [-0.4, -0.2) is 62.4 Å². The Morgan fingerprint density at radius 2 is 1.70 bits per heavy atom. The van der Waals surface area contributed by atoms with Crippen molar-refractivity contribution in [2.24, 2.45) is 0 Å². The van der Waals surface area contributed by atoms with Crippen LogP contribution in [0.4, 0.5) is 0 Å². The molecule has 33 heavy (non-hydrogen) atoms. The smallest absolute Gasteiger partial charge is 0.233 e. The van der Waals surface area contributed by atoms with Gasteiger partial charge in [0.25, 0.3) is 0 Å². The number of benzene rings is 2. The number of hydrogen-bond acceptors (Lipinski definition) is 5. The van der Waals surface area contributed by atoms with Crippen LogP contribution < -0.4 is 0 Å². The standard InChI is InChI=1S/C26H31N5OS/c1-20-6-5-9-22(16-20)17-29-12-14-30(15-13-29)24(32)19-33-26-28-27-25(23-10-11-23)31(26)18-21-7-3-2-4-8-21/h2-9,16,23H,10-15,17-19H2,1H3. The summed E-state index contributed by atoms with van der Waals surface area (Å²) in [5, 5.41) is 9.79. The minimum absolute atomic E-state index is 0.192. The number of thioether (sulfide) groups is 1. The monoisotopic (exact) mass is 461 g/mol. The van der Waals surface area contributed by atoms with Gasteiger partial charge in [-0.25, -0.2) is 0 Å². The molecule has 0 radical (unpaired) electrons. The third-order valence-corrected chi connectivity index (χ3v) is 7.36. The lowest BCUT2D eigenvalue weighted by molar-refractivity contribution is -0.130. The van der Waals surface area contributed by atoms with E-state index in [0.717, 1.165) is 50.2 Å². The van der Waals surface area contributed by atoms with Crippen molar-refractivity contribution in [3.8, 4) is 0 Å². The number of hydrogen-bond donors (Lipinski definition) is 0. The van der Waals surface area contributed by atoms with Gasteiger partial charge in [-0.2, -0.15) is 0 Å².